The molecule has 2 amide bonds. The number of carbonyl (C=O) groups is 2. The van der Waals surface area contributed by atoms with Gasteiger partial charge in [-0.25, -0.2) is 0 Å². The number of carbonyl (C=O) groups excluding carboxylic acids is 2. The van der Waals surface area contributed by atoms with Gasteiger partial charge in [0.2, 0.25) is 0 Å². The van der Waals surface area contributed by atoms with Crippen LogP contribution in [0.2, 0.25) is 0 Å². The number of benzene rings is 2. The molecule has 0 unspecified atom stereocenters. The lowest BCUT2D eigenvalue weighted by atomic mass is 10.0. The maximum Gasteiger partial charge on any atom is 0.277 e. The van der Waals surface area contributed by atoms with Gasteiger partial charge in [-0.2, -0.15) is 0 Å². The first-order valence-corrected chi connectivity index (χ1v) is 9.59. The van der Waals surface area contributed by atoms with Crippen LogP contribution in [0.5, 0.6) is 5.75 Å². The summed E-state index contributed by atoms with van der Waals surface area (Å²) in [6.45, 7) is 4.98. The van der Waals surface area contributed by atoms with Crippen LogP contribution in [0.4, 0.5) is 0 Å². The number of rotatable bonds is 8. The Hall–Kier alpha value is -3.08. The topological polar surface area (TPSA) is 58.6 Å². The Morgan fingerprint density at radius 3 is 2.25 bits per heavy atom. The molecule has 146 valence electrons. The van der Waals surface area contributed by atoms with Gasteiger partial charge in [-0.05, 0) is 36.6 Å². The van der Waals surface area contributed by atoms with E-state index in [1.807, 2.05) is 55.5 Å². The maximum atomic E-state index is 13.2. The second kappa shape index (κ2) is 8.74. The van der Waals surface area contributed by atoms with Crippen molar-refractivity contribution in [1.29, 1.82) is 0 Å². The SMILES string of the molecule is CCCCNC1=C(c2ccc(C)cc2)C(=O)N(Cc2ccc(OC)cc2)C1=O. The van der Waals surface area contributed by atoms with Crippen molar-refractivity contribution in [3.63, 3.8) is 0 Å². The van der Waals surface area contributed by atoms with E-state index in [4.69, 9.17) is 4.74 Å². The summed E-state index contributed by atoms with van der Waals surface area (Å²) in [6.07, 6.45) is 1.95. The van der Waals surface area contributed by atoms with Crippen LogP contribution in [-0.4, -0.2) is 30.4 Å². The highest BCUT2D eigenvalue weighted by molar-refractivity contribution is 6.35. The highest BCUT2D eigenvalue weighted by Gasteiger charge is 2.38. The van der Waals surface area contributed by atoms with Gasteiger partial charge < -0.3 is 10.1 Å². The molecule has 0 saturated heterocycles. The maximum absolute atomic E-state index is 13.2. The first-order valence-electron chi connectivity index (χ1n) is 9.59. The first kappa shape index (κ1) is 19.7. The molecule has 0 aliphatic carbocycles. The molecule has 5 heteroatoms. The molecule has 0 saturated carbocycles. The van der Waals surface area contributed by atoms with Crippen LogP contribution in [0.25, 0.3) is 5.57 Å². The Morgan fingerprint density at radius 1 is 0.964 bits per heavy atom. The molecule has 0 atom stereocenters. The van der Waals surface area contributed by atoms with Gasteiger partial charge in [-0.15, -0.1) is 0 Å². The average Bonchev–Trinajstić information content (AvgIpc) is 2.94. The Labute approximate surface area is 166 Å². The van der Waals surface area contributed by atoms with Crippen LogP contribution >= 0.6 is 0 Å². The van der Waals surface area contributed by atoms with Crippen molar-refractivity contribution in [1.82, 2.24) is 10.2 Å². The largest absolute Gasteiger partial charge is 0.497 e. The minimum atomic E-state index is -0.271. The highest BCUT2D eigenvalue weighted by atomic mass is 16.5. The van der Waals surface area contributed by atoms with E-state index < -0.39 is 0 Å². The molecule has 28 heavy (non-hydrogen) atoms. The number of aryl methyl sites for hydroxylation is 1. The summed E-state index contributed by atoms with van der Waals surface area (Å²) in [5.41, 5.74) is 3.60. The zero-order chi connectivity index (χ0) is 20.1. The Balaban J connectivity index is 1.89. The summed E-state index contributed by atoms with van der Waals surface area (Å²) in [4.78, 5) is 27.5. The molecule has 2 aromatic carbocycles. The number of hydrogen-bond donors (Lipinski definition) is 1. The van der Waals surface area contributed by atoms with Crippen molar-refractivity contribution < 1.29 is 14.3 Å². The summed E-state index contributed by atoms with van der Waals surface area (Å²) in [6, 6.07) is 15.1. The van der Waals surface area contributed by atoms with E-state index >= 15 is 0 Å². The van der Waals surface area contributed by atoms with Gasteiger partial charge in [0.05, 0.1) is 19.2 Å². The predicted molar refractivity (Wildman–Crippen MR) is 110 cm³/mol. The molecule has 0 spiro atoms. The van der Waals surface area contributed by atoms with E-state index in [-0.39, 0.29) is 18.4 Å². The molecule has 3 rings (SSSR count). The monoisotopic (exact) mass is 378 g/mol. The van der Waals surface area contributed by atoms with Gasteiger partial charge in [-0.3, -0.25) is 14.5 Å². The van der Waals surface area contributed by atoms with E-state index in [1.165, 1.54) is 4.90 Å². The molecule has 0 fully saturated rings. The predicted octanol–water partition coefficient (Wildman–Crippen LogP) is 3.67. The molecular weight excluding hydrogens is 352 g/mol. The van der Waals surface area contributed by atoms with Gasteiger partial charge >= 0.3 is 0 Å². The molecule has 2 aromatic rings. The van der Waals surface area contributed by atoms with E-state index in [2.05, 4.69) is 12.2 Å². The molecular formula is C23H26N2O3. The third kappa shape index (κ3) is 4.09. The van der Waals surface area contributed by atoms with Crippen molar-refractivity contribution in [3.05, 3.63) is 70.9 Å². The van der Waals surface area contributed by atoms with Gasteiger partial charge in [0.25, 0.3) is 11.8 Å². The van der Waals surface area contributed by atoms with E-state index in [0.717, 1.165) is 35.3 Å². The summed E-state index contributed by atoms with van der Waals surface area (Å²) in [5.74, 6) is 0.208. The third-order valence-corrected chi connectivity index (χ3v) is 4.84. The Kier molecular flexibility index (Phi) is 6.14. The fourth-order valence-corrected chi connectivity index (χ4v) is 3.18. The summed E-state index contributed by atoms with van der Waals surface area (Å²) < 4.78 is 5.17. The van der Waals surface area contributed by atoms with Crippen LogP contribution in [0, 0.1) is 6.92 Å². The zero-order valence-corrected chi connectivity index (χ0v) is 16.6. The smallest absolute Gasteiger partial charge is 0.277 e. The molecule has 1 aliphatic rings. The number of ether oxygens (including phenoxy) is 1. The molecule has 0 bridgehead atoms. The van der Waals surface area contributed by atoms with E-state index in [1.54, 1.807) is 7.11 Å². The summed E-state index contributed by atoms with van der Waals surface area (Å²) in [5, 5.41) is 3.21. The highest BCUT2D eigenvalue weighted by Crippen LogP contribution is 2.29. The second-order valence-electron chi connectivity index (χ2n) is 6.94. The second-order valence-corrected chi connectivity index (χ2v) is 6.94. The van der Waals surface area contributed by atoms with Crippen molar-refractivity contribution in [2.45, 2.75) is 33.2 Å². The van der Waals surface area contributed by atoms with Crippen LogP contribution in [0.15, 0.2) is 54.2 Å². The summed E-state index contributed by atoms with van der Waals surface area (Å²) >= 11 is 0. The van der Waals surface area contributed by atoms with Crippen molar-refractivity contribution >= 4 is 17.4 Å². The van der Waals surface area contributed by atoms with Gasteiger partial charge in [0, 0.05) is 6.54 Å². The van der Waals surface area contributed by atoms with E-state index in [0.29, 0.717) is 17.8 Å². The minimum Gasteiger partial charge on any atom is -0.497 e. The minimum absolute atomic E-state index is 0.232. The first-order chi connectivity index (χ1) is 13.5. The van der Waals surface area contributed by atoms with Gasteiger partial charge in [0.1, 0.15) is 11.4 Å². The number of amides is 2. The van der Waals surface area contributed by atoms with Crippen molar-refractivity contribution in [2.75, 3.05) is 13.7 Å². The molecule has 5 nitrogen and oxygen atoms in total. The molecule has 0 aromatic heterocycles. The van der Waals surface area contributed by atoms with Crippen LogP contribution in [-0.2, 0) is 16.1 Å². The lowest BCUT2D eigenvalue weighted by Gasteiger charge is -2.15. The van der Waals surface area contributed by atoms with Crippen LogP contribution < -0.4 is 10.1 Å². The normalized spacial score (nSPS) is 14.0. The summed E-state index contributed by atoms with van der Waals surface area (Å²) in [7, 11) is 1.61. The lowest BCUT2D eigenvalue weighted by Crippen LogP contribution is -2.33. The van der Waals surface area contributed by atoms with E-state index in [9.17, 15) is 9.59 Å². The number of hydrogen-bond acceptors (Lipinski definition) is 4. The number of methoxy groups -OCH3 is 1. The van der Waals surface area contributed by atoms with Crippen LogP contribution in [0.1, 0.15) is 36.5 Å². The van der Waals surface area contributed by atoms with Gasteiger partial charge in [-0.1, -0.05) is 55.3 Å². The number of imide groups is 1. The van der Waals surface area contributed by atoms with Crippen LogP contribution in [0.3, 0.4) is 0 Å². The zero-order valence-electron chi connectivity index (χ0n) is 16.6. The molecule has 1 N–H and O–H groups in total. The number of nitrogens with zero attached hydrogens (tertiary/aromatic N) is 1. The lowest BCUT2D eigenvalue weighted by molar-refractivity contribution is -0.137. The Bertz CT molecular complexity index is 883. The fourth-order valence-electron chi connectivity index (χ4n) is 3.18. The molecule has 1 heterocycles. The Morgan fingerprint density at radius 2 is 1.64 bits per heavy atom. The quantitative estimate of drug-likeness (QED) is 0.562. The van der Waals surface area contributed by atoms with Crippen molar-refractivity contribution in [3.8, 4) is 5.75 Å². The molecule has 1 aliphatic heterocycles. The average molecular weight is 378 g/mol. The van der Waals surface area contributed by atoms with Gasteiger partial charge in [0.15, 0.2) is 0 Å². The van der Waals surface area contributed by atoms with Crippen molar-refractivity contribution in [2.24, 2.45) is 0 Å². The third-order valence-electron chi connectivity index (χ3n) is 4.84. The fraction of sp³-hybridized carbons (Fsp3) is 0.304. The number of nitrogens with one attached hydrogen (secondary N) is 1. The molecule has 0 radical (unpaired) electrons. The standard InChI is InChI=1S/C23H26N2O3/c1-4-5-14-24-21-20(18-10-6-16(2)7-11-18)22(26)25(23(21)27)15-17-8-12-19(28-3)13-9-17/h6-13,24H,4-5,14-15H2,1-3H3. The number of unbranched alkanes of at least 4 members (excludes halogenated alkanes) is 1.